The molecule has 0 atom stereocenters. The summed E-state index contributed by atoms with van der Waals surface area (Å²) in [6, 6.07) is 23.6. The minimum absolute atomic E-state index is 0.0797. The number of benzene rings is 3. The topological polar surface area (TPSA) is 63.4 Å². The van der Waals surface area contributed by atoms with Gasteiger partial charge in [-0.15, -0.1) is 0 Å². The maximum absolute atomic E-state index is 13.6. The van der Waals surface area contributed by atoms with Crippen LogP contribution in [0.15, 0.2) is 89.5 Å². The molecule has 0 saturated heterocycles. The minimum atomic E-state index is -0.206. The van der Waals surface area contributed by atoms with Crippen molar-refractivity contribution >= 4 is 38.4 Å². The van der Waals surface area contributed by atoms with Crippen molar-refractivity contribution in [2.75, 3.05) is 4.90 Å². The molecule has 2 aromatic heterocycles. The molecular formula is C28H22N2O3S. The van der Waals surface area contributed by atoms with Crippen molar-refractivity contribution in [1.29, 1.82) is 0 Å². The van der Waals surface area contributed by atoms with Crippen molar-refractivity contribution in [2.45, 2.75) is 20.4 Å². The molecular weight excluding hydrogens is 444 g/mol. The van der Waals surface area contributed by atoms with Crippen LogP contribution in [0.3, 0.4) is 0 Å². The Morgan fingerprint density at radius 1 is 0.853 bits per heavy atom. The van der Waals surface area contributed by atoms with E-state index in [0.29, 0.717) is 27.6 Å². The average molecular weight is 467 g/mol. The highest BCUT2D eigenvalue weighted by Crippen LogP contribution is 2.32. The van der Waals surface area contributed by atoms with E-state index in [-0.39, 0.29) is 18.2 Å². The molecule has 168 valence electrons. The Kier molecular flexibility index (Phi) is 5.82. The molecule has 3 aromatic carbocycles. The predicted molar refractivity (Wildman–Crippen MR) is 135 cm³/mol. The fraction of sp³-hybridized carbons (Fsp3) is 0.107. The first-order valence-corrected chi connectivity index (χ1v) is 11.7. The van der Waals surface area contributed by atoms with Gasteiger partial charge in [-0.3, -0.25) is 14.5 Å². The summed E-state index contributed by atoms with van der Waals surface area (Å²) in [5, 5.41) is 0.603. The number of carbonyl (C=O) groups is 2. The number of ketones is 1. The quantitative estimate of drug-likeness (QED) is 0.265. The second-order valence-electron chi connectivity index (χ2n) is 8.14. The Morgan fingerprint density at radius 2 is 1.53 bits per heavy atom. The van der Waals surface area contributed by atoms with Crippen LogP contribution in [0.2, 0.25) is 0 Å². The number of fused-ring (bicyclic) bond motifs is 1. The van der Waals surface area contributed by atoms with Gasteiger partial charge in [0, 0.05) is 16.7 Å². The highest BCUT2D eigenvalue weighted by Gasteiger charge is 2.23. The molecule has 0 spiro atoms. The molecule has 0 bridgehead atoms. The number of carbonyl (C=O) groups excluding carboxylic acids is 2. The van der Waals surface area contributed by atoms with E-state index >= 15 is 0 Å². The molecule has 0 N–H and O–H groups in total. The van der Waals surface area contributed by atoms with Crippen molar-refractivity contribution in [2.24, 2.45) is 0 Å². The molecule has 6 heteroatoms. The van der Waals surface area contributed by atoms with Crippen LogP contribution >= 0.6 is 11.3 Å². The summed E-state index contributed by atoms with van der Waals surface area (Å²) in [4.78, 5) is 32.7. The van der Waals surface area contributed by atoms with E-state index in [2.05, 4.69) is 19.9 Å². The molecule has 0 unspecified atom stereocenters. The third-order valence-corrected chi connectivity index (χ3v) is 6.83. The Balaban J connectivity index is 1.48. The maximum atomic E-state index is 13.6. The lowest BCUT2D eigenvalue weighted by Crippen LogP contribution is -2.30. The van der Waals surface area contributed by atoms with Crippen molar-refractivity contribution in [3.05, 3.63) is 119 Å². The SMILES string of the molecule is Cc1cc2nc(N(Cc3ccco3)C(=O)c3ccc(C(=O)c4ccccc4)cc3)sc2cc1C. The lowest BCUT2D eigenvalue weighted by molar-refractivity contribution is 0.0981. The van der Waals surface area contributed by atoms with Crippen LogP contribution in [-0.2, 0) is 6.54 Å². The van der Waals surface area contributed by atoms with Gasteiger partial charge in [-0.25, -0.2) is 4.98 Å². The van der Waals surface area contributed by atoms with Crippen LogP contribution in [0.1, 0.15) is 43.2 Å². The summed E-state index contributed by atoms with van der Waals surface area (Å²) in [6.45, 7) is 4.38. The number of amides is 1. The van der Waals surface area contributed by atoms with Crippen molar-refractivity contribution < 1.29 is 14.0 Å². The number of aryl methyl sites for hydroxylation is 2. The smallest absolute Gasteiger partial charge is 0.260 e. The van der Waals surface area contributed by atoms with Gasteiger partial charge in [0.15, 0.2) is 10.9 Å². The first-order chi connectivity index (χ1) is 16.5. The molecule has 0 aliphatic carbocycles. The Bertz CT molecular complexity index is 1430. The fourth-order valence-corrected chi connectivity index (χ4v) is 4.79. The van der Waals surface area contributed by atoms with Gasteiger partial charge >= 0.3 is 0 Å². The third kappa shape index (κ3) is 4.28. The number of aromatic nitrogens is 1. The summed E-state index contributed by atoms with van der Waals surface area (Å²) in [5.41, 5.74) is 4.83. The summed E-state index contributed by atoms with van der Waals surface area (Å²) >= 11 is 1.48. The monoisotopic (exact) mass is 466 g/mol. The number of furan rings is 1. The van der Waals surface area contributed by atoms with E-state index in [9.17, 15) is 9.59 Å². The molecule has 1 amide bonds. The lowest BCUT2D eigenvalue weighted by Gasteiger charge is -2.19. The van der Waals surface area contributed by atoms with E-state index in [0.717, 1.165) is 15.8 Å². The van der Waals surface area contributed by atoms with Gasteiger partial charge in [0.1, 0.15) is 5.76 Å². The van der Waals surface area contributed by atoms with E-state index in [1.165, 1.54) is 16.9 Å². The first-order valence-electron chi connectivity index (χ1n) is 10.9. The Hall–Kier alpha value is -4.03. The number of anilines is 1. The zero-order valence-electron chi connectivity index (χ0n) is 18.8. The van der Waals surface area contributed by atoms with Crippen LogP contribution in [0.25, 0.3) is 10.2 Å². The number of nitrogens with zero attached hydrogens (tertiary/aromatic N) is 2. The van der Waals surface area contributed by atoms with Crippen molar-refractivity contribution in [3.8, 4) is 0 Å². The minimum Gasteiger partial charge on any atom is -0.467 e. The van der Waals surface area contributed by atoms with Crippen LogP contribution in [0, 0.1) is 13.8 Å². The second-order valence-corrected chi connectivity index (χ2v) is 9.15. The van der Waals surface area contributed by atoms with E-state index < -0.39 is 0 Å². The fourth-order valence-electron chi connectivity index (χ4n) is 3.74. The Labute approximate surface area is 201 Å². The van der Waals surface area contributed by atoms with Crippen molar-refractivity contribution in [3.63, 3.8) is 0 Å². The Morgan fingerprint density at radius 3 is 2.24 bits per heavy atom. The molecule has 0 fully saturated rings. The highest BCUT2D eigenvalue weighted by molar-refractivity contribution is 7.22. The van der Waals surface area contributed by atoms with Crippen LogP contribution in [0.4, 0.5) is 5.13 Å². The van der Waals surface area contributed by atoms with Crippen LogP contribution in [0.5, 0.6) is 0 Å². The van der Waals surface area contributed by atoms with Gasteiger partial charge in [0.25, 0.3) is 5.91 Å². The van der Waals surface area contributed by atoms with Gasteiger partial charge in [-0.05, 0) is 61.4 Å². The zero-order chi connectivity index (χ0) is 23.7. The van der Waals surface area contributed by atoms with Crippen LogP contribution in [-0.4, -0.2) is 16.7 Å². The summed E-state index contributed by atoms with van der Waals surface area (Å²) in [6.07, 6.45) is 1.59. The van der Waals surface area contributed by atoms with E-state index in [1.807, 2.05) is 30.3 Å². The molecule has 2 heterocycles. The number of rotatable bonds is 6. The summed E-state index contributed by atoms with van der Waals surface area (Å²) in [5.74, 6) is 0.377. The number of hydrogen-bond donors (Lipinski definition) is 0. The molecule has 0 saturated carbocycles. The third-order valence-electron chi connectivity index (χ3n) is 5.79. The highest BCUT2D eigenvalue weighted by atomic mass is 32.1. The summed E-state index contributed by atoms with van der Waals surface area (Å²) < 4.78 is 6.55. The zero-order valence-corrected chi connectivity index (χ0v) is 19.6. The molecule has 5 rings (SSSR count). The van der Waals surface area contributed by atoms with Gasteiger partial charge in [0.05, 0.1) is 23.0 Å². The van der Waals surface area contributed by atoms with Gasteiger partial charge in [-0.1, -0.05) is 53.8 Å². The molecule has 34 heavy (non-hydrogen) atoms. The first kappa shape index (κ1) is 21.8. The summed E-state index contributed by atoms with van der Waals surface area (Å²) in [7, 11) is 0. The lowest BCUT2D eigenvalue weighted by atomic mass is 10.0. The second kappa shape index (κ2) is 9.08. The van der Waals surface area contributed by atoms with Crippen LogP contribution < -0.4 is 4.90 Å². The molecule has 5 aromatic rings. The van der Waals surface area contributed by atoms with Gasteiger partial charge < -0.3 is 4.42 Å². The molecule has 0 radical (unpaired) electrons. The van der Waals surface area contributed by atoms with E-state index in [4.69, 9.17) is 9.40 Å². The van der Waals surface area contributed by atoms with Crippen molar-refractivity contribution in [1.82, 2.24) is 4.98 Å². The largest absolute Gasteiger partial charge is 0.467 e. The predicted octanol–water partition coefficient (Wildman–Crippen LogP) is 6.58. The molecule has 0 aliphatic rings. The van der Waals surface area contributed by atoms with E-state index in [1.54, 1.807) is 53.6 Å². The average Bonchev–Trinajstić information content (AvgIpc) is 3.52. The molecule has 0 aliphatic heterocycles. The number of hydrogen-bond acceptors (Lipinski definition) is 5. The normalized spacial score (nSPS) is 11.0. The van der Waals surface area contributed by atoms with Gasteiger partial charge in [0.2, 0.25) is 0 Å². The maximum Gasteiger partial charge on any atom is 0.260 e. The molecule has 5 nitrogen and oxygen atoms in total. The number of thiazole rings is 1. The van der Waals surface area contributed by atoms with Gasteiger partial charge in [-0.2, -0.15) is 0 Å². The standard InChI is InChI=1S/C28H22N2O3S/c1-18-15-24-25(16-19(18)2)34-28(29-24)30(17-23-9-6-14-33-23)27(32)22-12-10-21(11-13-22)26(31)20-7-4-3-5-8-20/h3-16H,17H2,1-2H3.